The summed E-state index contributed by atoms with van der Waals surface area (Å²) < 4.78 is 1.84. The number of hydrogen-bond acceptors (Lipinski definition) is 6. The lowest BCUT2D eigenvalue weighted by molar-refractivity contribution is -0.134. The molecule has 24 heavy (non-hydrogen) atoms. The fraction of sp³-hybridized carbons (Fsp3) is 0.800. The van der Waals surface area contributed by atoms with Gasteiger partial charge < -0.3 is 10.2 Å². The Balaban J connectivity index is 1.87. The summed E-state index contributed by atoms with van der Waals surface area (Å²) in [6.07, 6.45) is 4.57. The Morgan fingerprint density at radius 2 is 2.08 bits per heavy atom. The fourth-order valence-electron chi connectivity index (χ4n) is 2.79. The molecule has 0 spiro atoms. The number of carbonyl (C=O) groups is 2. The summed E-state index contributed by atoms with van der Waals surface area (Å²) in [6, 6.07) is 0.411. The number of nitrogens with zero attached hydrogens (tertiary/aromatic N) is 5. The lowest BCUT2D eigenvalue weighted by atomic mass is 10.3. The van der Waals surface area contributed by atoms with E-state index >= 15 is 0 Å². The summed E-state index contributed by atoms with van der Waals surface area (Å²) in [4.78, 5) is 25.8. The average Bonchev–Trinajstić information content (AvgIpc) is 3.19. The summed E-state index contributed by atoms with van der Waals surface area (Å²) in [5.41, 5.74) is 0. The molecule has 0 bridgehead atoms. The molecule has 1 aromatic heterocycles. The van der Waals surface area contributed by atoms with Crippen molar-refractivity contribution >= 4 is 23.6 Å². The molecule has 1 heterocycles. The Labute approximate surface area is 146 Å². The van der Waals surface area contributed by atoms with Crippen LogP contribution in [0.4, 0.5) is 0 Å². The molecule has 0 atom stereocenters. The van der Waals surface area contributed by atoms with E-state index in [4.69, 9.17) is 0 Å². The molecule has 0 aromatic carbocycles. The van der Waals surface area contributed by atoms with Gasteiger partial charge in [0.2, 0.25) is 17.0 Å². The Bertz CT molecular complexity index is 556. The van der Waals surface area contributed by atoms with Crippen LogP contribution in [-0.2, 0) is 9.59 Å². The van der Waals surface area contributed by atoms with Crippen LogP contribution in [0.25, 0.3) is 0 Å². The van der Waals surface area contributed by atoms with Gasteiger partial charge in [-0.3, -0.25) is 9.59 Å². The minimum atomic E-state index is -0.138. The SMILES string of the molecule is CCN(CC(=O)NC(C)C)C(=O)CSc1nnnn1C1CCCC1. The quantitative estimate of drug-likeness (QED) is 0.706. The number of amides is 2. The maximum absolute atomic E-state index is 12.4. The molecule has 9 heteroatoms. The zero-order valence-corrected chi connectivity index (χ0v) is 15.4. The molecular weight excluding hydrogens is 328 g/mol. The monoisotopic (exact) mass is 354 g/mol. The van der Waals surface area contributed by atoms with E-state index in [9.17, 15) is 9.59 Å². The van der Waals surface area contributed by atoms with E-state index in [1.165, 1.54) is 24.6 Å². The number of tetrazole rings is 1. The van der Waals surface area contributed by atoms with Crippen molar-refractivity contribution in [3.05, 3.63) is 0 Å². The van der Waals surface area contributed by atoms with Gasteiger partial charge in [-0.15, -0.1) is 5.10 Å². The second-order valence-corrected chi connectivity index (χ2v) is 7.21. The summed E-state index contributed by atoms with van der Waals surface area (Å²) in [5.74, 6) is 0.0129. The van der Waals surface area contributed by atoms with E-state index < -0.39 is 0 Å². The molecule has 1 saturated carbocycles. The van der Waals surface area contributed by atoms with Crippen LogP contribution in [0.3, 0.4) is 0 Å². The van der Waals surface area contributed by atoms with E-state index in [-0.39, 0.29) is 30.2 Å². The number of rotatable bonds is 8. The van der Waals surface area contributed by atoms with Crippen LogP contribution in [0, 0.1) is 0 Å². The highest BCUT2D eigenvalue weighted by Gasteiger charge is 2.23. The van der Waals surface area contributed by atoms with E-state index in [1.54, 1.807) is 4.90 Å². The molecule has 1 fully saturated rings. The molecule has 1 aliphatic rings. The third kappa shape index (κ3) is 5.19. The number of hydrogen-bond donors (Lipinski definition) is 1. The average molecular weight is 354 g/mol. The van der Waals surface area contributed by atoms with Crippen molar-refractivity contribution < 1.29 is 9.59 Å². The summed E-state index contributed by atoms with van der Waals surface area (Å²) in [5, 5.41) is 15.3. The van der Waals surface area contributed by atoms with Crippen molar-refractivity contribution in [1.82, 2.24) is 30.4 Å². The lowest BCUT2D eigenvalue weighted by Crippen LogP contribution is -2.43. The normalized spacial score (nSPS) is 15.0. The van der Waals surface area contributed by atoms with E-state index in [0.29, 0.717) is 17.7 Å². The van der Waals surface area contributed by atoms with Gasteiger partial charge in [0.05, 0.1) is 18.3 Å². The van der Waals surface area contributed by atoms with E-state index in [0.717, 1.165) is 12.8 Å². The van der Waals surface area contributed by atoms with E-state index in [2.05, 4.69) is 20.8 Å². The first kappa shape index (κ1) is 18.7. The van der Waals surface area contributed by atoms with Crippen LogP contribution in [0.1, 0.15) is 52.5 Å². The standard InChI is InChI=1S/C15H26N6O2S/c1-4-20(9-13(22)16-11(2)3)14(23)10-24-15-17-18-19-21(15)12-7-5-6-8-12/h11-12H,4-10H2,1-3H3,(H,16,22). The van der Waals surface area contributed by atoms with Gasteiger partial charge in [0.1, 0.15) is 0 Å². The highest BCUT2D eigenvalue weighted by Crippen LogP contribution is 2.31. The zero-order chi connectivity index (χ0) is 17.5. The van der Waals surface area contributed by atoms with Gasteiger partial charge in [-0.2, -0.15) is 0 Å². The maximum atomic E-state index is 12.4. The molecule has 1 aromatic rings. The van der Waals surface area contributed by atoms with Crippen molar-refractivity contribution in [3.63, 3.8) is 0 Å². The first-order chi connectivity index (χ1) is 11.5. The predicted octanol–water partition coefficient (Wildman–Crippen LogP) is 1.25. The summed E-state index contributed by atoms with van der Waals surface area (Å²) in [6.45, 7) is 6.25. The Hall–Kier alpha value is -1.64. The van der Waals surface area contributed by atoms with Gasteiger partial charge in [0.15, 0.2) is 0 Å². The van der Waals surface area contributed by atoms with Crippen molar-refractivity contribution in [1.29, 1.82) is 0 Å². The van der Waals surface area contributed by atoms with E-state index in [1.807, 2.05) is 25.5 Å². The van der Waals surface area contributed by atoms with Crippen molar-refractivity contribution in [2.24, 2.45) is 0 Å². The first-order valence-corrected chi connectivity index (χ1v) is 9.47. The Morgan fingerprint density at radius 1 is 1.38 bits per heavy atom. The van der Waals surface area contributed by atoms with Gasteiger partial charge in [0.25, 0.3) is 0 Å². The van der Waals surface area contributed by atoms with Gasteiger partial charge in [0, 0.05) is 12.6 Å². The van der Waals surface area contributed by atoms with Crippen LogP contribution in [0.5, 0.6) is 0 Å². The van der Waals surface area contributed by atoms with Gasteiger partial charge in [-0.25, -0.2) is 4.68 Å². The molecule has 134 valence electrons. The van der Waals surface area contributed by atoms with Crippen LogP contribution in [0.15, 0.2) is 5.16 Å². The molecule has 1 N–H and O–H groups in total. The van der Waals surface area contributed by atoms with Crippen LogP contribution in [0.2, 0.25) is 0 Å². The first-order valence-electron chi connectivity index (χ1n) is 8.49. The maximum Gasteiger partial charge on any atom is 0.239 e. The van der Waals surface area contributed by atoms with Crippen LogP contribution in [-0.4, -0.2) is 61.8 Å². The number of carbonyl (C=O) groups excluding carboxylic acids is 2. The summed E-state index contributed by atoms with van der Waals surface area (Å²) in [7, 11) is 0. The van der Waals surface area contributed by atoms with Crippen LogP contribution < -0.4 is 5.32 Å². The smallest absolute Gasteiger partial charge is 0.239 e. The Kier molecular flexibility index (Phi) is 7.01. The molecule has 1 aliphatic carbocycles. The minimum absolute atomic E-state index is 0.0664. The largest absolute Gasteiger partial charge is 0.352 e. The minimum Gasteiger partial charge on any atom is -0.352 e. The highest BCUT2D eigenvalue weighted by atomic mass is 32.2. The molecule has 0 saturated heterocycles. The molecule has 0 radical (unpaired) electrons. The second kappa shape index (κ2) is 9.00. The number of nitrogens with one attached hydrogen (secondary N) is 1. The number of thioether (sulfide) groups is 1. The van der Waals surface area contributed by atoms with Gasteiger partial charge in [-0.1, -0.05) is 24.6 Å². The second-order valence-electron chi connectivity index (χ2n) is 6.26. The molecule has 8 nitrogen and oxygen atoms in total. The third-order valence-electron chi connectivity index (χ3n) is 3.98. The number of likely N-dealkylation sites (N-methyl/N-ethyl adjacent to an activating group) is 1. The predicted molar refractivity (Wildman–Crippen MR) is 91.6 cm³/mol. The molecule has 0 unspecified atom stereocenters. The van der Waals surface area contributed by atoms with Crippen molar-refractivity contribution in [3.8, 4) is 0 Å². The number of aromatic nitrogens is 4. The third-order valence-corrected chi connectivity index (χ3v) is 4.89. The topological polar surface area (TPSA) is 93.0 Å². The molecular formula is C15H26N6O2S. The molecule has 2 rings (SSSR count). The van der Waals surface area contributed by atoms with Gasteiger partial charge in [-0.05, 0) is 44.0 Å². The molecule has 2 amide bonds. The van der Waals surface area contributed by atoms with Gasteiger partial charge >= 0.3 is 0 Å². The van der Waals surface area contributed by atoms with Crippen molar-refractivity contribution in [2.45, 2.75) is 63.7 Å². The Morgan fingerprint density at radius 3 is 2.71 bits per heavy atom. The molecule has 0 aliphatic heterocycles. The zero-order valence-electron chi connectivity index (χ0n) is 14.6. The lowest BCUT2D eigenvalue weighted by Gasteiger charge is -2.21. The van der Waals surface area contributed by atoms with Crippen molar-refractivity contribution in [2.75, 3.05) is 18.8 Å². The van der Waals surface area contributed by atoms with Crippen LogP contribution >= 0.6 is 11.8 Å². The summed E-state index contributed by atoms with van der Waals surface area (Å²) >= 11 is 1.34. The highest BCUT2D eigenvalue weighted by molar-refractivity contribution is 7.99. The fourth-order valence-corrected chi connectivity index (χ4v) is 3.64.